The quantitative estimate of drug-likeness (QED) is 0.847. The van der Waals surface area contributed by atoms with Crippen LogP contribution in [0.15, 0.2) is 59.5 Å². The number of carbonyl (C=O) groups is 1. The van der Waals surface area contributed by atoms with Crippen molar-refractivity contribution in [3.05, 3.63) is 60.2 Å². The molecule has 9 heteroatoms. The molecule has 0 aliphatic rings. The number of alkyl halides is 3. The Morgan fingerprint density at radius 1 is 1.00 bits per heavy atom. The molecule has 2 N–H and O–H groups in total. The molecule has 1 unspecified atom stereocenters. The fourth-order valence-corrected chi connectivity index (χ4v) is 3.26. The van der Waals surface area contributed by atoms with Gasteiger partial charge in [-0.05, 0) is 31.2 Å². The van der Waals surface area contributed by atoms with Gasteiger partial charge in [-0.15, -0.1) is 0 Å². The summed E-state index contributed by atoms with van der Waals surface area (Å²) < 4.78 is 65.2. The van der Waals surface area contributed by atoms with Gasteiger partial charge in [-0.1, -0.05) is 30.3 Å². The molecular formula is C16H15F3N2O3S. The highest BCUT2D eigenvalue weighted by atomic mass is 32.2. The van der Waals surface area contributed by atoms with Crippen LogP contribution in [0, 0.1) is 0 Å². The Balaban J connectivity index is 2.15. The van der Waals surface area contributed by atoms with Crippen molar-refractivity contribution < 1.29 is 26.4 Å². The second-order valence-corrected chi connectivity index (χ2v) is 6.90. The summed E-state index contributed by atoms with van der Waals surface area (Å²) >= 11 is 0. The number of para-hydroxylation sites is 1. The number of hydrogen-bond donors (Lipinski definition) is 2. The topological polar surface area (TPSA) is 75.3 Å². The first-order chi connectivity index (χ1) is 11.6. The maximum Gasteiger partial charge on any atom is 0.418 e. The molecule has 0 radical (unpaired) electrons. The molecular weight excluding hydrogens is 357 g/mol. The summed E-state index contributed by atoms with van der Waals surface area (Å²) in [6, 6.07) is 10.5. The van der Waals surface area contributed by atoms with Gasteiger partial charge in [-0.2, -0.15) is 17.9 Å². The summed E-state index contributed by atoms with van der Waals surface area (Å²) in [7, 11) is -3.97. The molecule has 0 saturated heterocycles. The molecule has 5 nitrogen and oxygen atoms in total. The van der Waals surface area contributed by atoms with Gasteiger partial charge in [0, 0.05) is 0 Å². The molecule has 2 aromatic carbocycles. The lowest BCUT2D eigenvalue weighted by Crippen LogP contribution is -2.41. The molecule has 25 heavy (non-hydrogen) atoms. The number of benzene rings is 2. The highest BCUT2D eigenvalue weighted by Crippen LogP contribution is 2.34. The van der Waals surface area contributed by atoms with Crippen LogP contribution in [0.2, 0.25) is 0 Å². The lowest BCUT2D eigenvalue weighted by molar-refractivity contribution is -0.137. The highest BCUT2D eigenvalue weighted by molar-refractivity contribution is 7.89. The van der Waals surface area contributed by atoms with Crippen LogP contribution in [0.25, 0.3) is 0 Å². The third-order valence-corrected chi connectivity index (χ3v) is 4.83. The predicted molar refractivity (Wildman–Crippen MR) is 86.3 cm³/mol. The van der Waals surface area contributed by atoms with E-state index in [9.17, 15) is 26.4 Å². The molecule has 1 amide bonds. The van der Waals surface area contributed by atoms with Crippen LogP contribution >= 0.6 is 0 Å². The Labute approximate surface area is 142 Å². The predicted octanol–water partition coefficient (Wildman–Crippen LogP) is 3.01. The van der Waals surface area contributed by atoms with E-state index in [2.05, 4.69) is 10.0 Å². The van der Waals surface area contributed by atoms with Crippen LogP contribution in [0.1, 0.15) is 12.5 Å². The van der Waals surface area contributed by atoms with Gasteiger partial charge < -0.3 is 5.32 Å². The van der Waals surface area contributed by atoms with Crippen molar-refractivity contribution in [3.8, 4) is 0 Å². The number of carbonyl (C=O) groups excluding carboxylic acids is 1. The Kier molecular flexibility index (Phi) is 5.48. The average Bonchev–Trinajstić information content (AvgIpc) is 2.54. The molecule has 0 aliphatic carbocycles. The molecule has 0 heterocycles. The minimum Gasteiger partial charge on any atom is -0.324 e. The van der Waals surface area contributed by atoms with Gasteiger partial charge in [0.15, 0.2) is 0 Å². The zero-order valence-electron chi connectivity index (χ0n) is 13.0. The number of halogens is 3. The molecule has 2 aromatic rings. The summed E-state index contributed by atoms with van der Waals surface area (Å²) in [4.78, 5) is 12.0. The minimum absolute atomic E-state index is 0.0506. The monoisotopic (exact) mass is 372 g/mol. The van der Waals surface area contributed by atoms with E-state index in [1.54, 1.807) is 6.07 Å². The molecule has 0 spiro atoms. The van der Waals surface area contributed by atoms with E-state index in [-0.39, 0.29) is 4.90 Å². The third-order valence-electron chi connectivity index (χ3n) is 3.27. The maximum atomic E-state index is 12.9. The number of rotatable bonds is 5. The van der Waals surface area contributed by atoms with Gasteiger partial charge in [0.05, 0.1) is 22.2 Å². The number of amides is 1. The minimum atomic E-state index is -4.64. The first-order valence-electron chi connectivity index (χ1n) is 7.16. The summed E-state index contributed by atoms with van der Waals surface area (Å²) in [6.07, 6.45) is -4.64. The van der Waals surface area contributed by atoms with Gasteiger partial charge in [0.1, 0.15) is 0 Å². The van der Waals surface area contributed by atoms with Crippen molar-refractivity contribution in [2.45, 2.75) is 24.0 Å². The number of sulfonamides is 1. The smallest absolute Gasteiger partial charge is 0.324 e. The lowest BCUT2D eigenvalue weighted by atomic mass is 10.1. The second kappa shape index (κ2) is 7.24. The SMILES string of the molecule is CC(NS(=O)(=O)c1ccccc1)C(=O)Nc1ccccc1C(F)(F)F. The molecule has 0 aromatic heterocycles. The van der Waals surface area contributed by atoms with Gasteiger partial charge in [0.25, 0.3) is 0 Å². The van der Waals surface area contributed by atoms with E-state index in [0.717, 1.165) is 12.1 Å². The van der Waals surface area contributed by atoms with Crippen LogP contribution in [-0.4, -0.2) is 20.4 Å². The maximum absolute atomic E-state index is 12.9. The number of anilines is 1. The van der Waals surface area contributed by atoms with Crippen LogP contribution in [-0.2, 0) is 21.0 Å². The van der Waals surface area contributed by atoms with Crippen molar-refractivity contribution in [1.29, 1.82) is 0 Å². The normalized spacial score (nSPS) is 13.3. The number of nitrogens with one attached hydrogen (secondary N) is 2. The Bertz CT molecular complexity index is 852. The Morgan fingerprint density at radius 3 is 2.16 bits per heavy atom. The Morgan fingerprint density at radius 2 is 1.56 bits per heavy atom. The Hall–Kier alpha value is -2.39. The fourth-order valence-electron chi connectivity index (χ4n) is 2.03. The first kappa shape index (κ1) is 18.9. The van der Waals surface area contributed by atoms with E-state index in [4.69, 9.17) is 0 Å². The second-order valence-electron chi connectivity index (χ2n) is 5.19. The number of hydrogen-bond acceptors (Lipinski definition) is 3. The van der Waals surface area contributed by atoms with Crippen molar-refractivity contribution >= 4 is 21.6 Å². The van der Waals surface area contributed by atoms with E-state index in [1.165, 1.54) is 43.3 Å². The van der Waals surface area contributed by atoms with Crippen LogP contribution < -0.4 is 10.0 Å². The van der Waals surface area contributed by atoms with Gasteiger partial charge in [-0.3, -0.25) is 4.79 Å². The summed E-state index contributed by atoms with van der Waals surface area (Å²) in [5.41, 5.74) is -1.45. The summed E-state index contributed by atoms with van der Waals surface area (Å²) in [6.45, 7) is 1.24. The highest BCUT2D eigenvalue weighted by Gasteiger charge is 2.34. The molecule has 0 aliphatic heterocycles. The average molecular weight is 372 g/mol. The van der Waals surface area contributed by atoms with Gasteiger partial charge in [0.2, 0.25) is 15.9 Å². The summed E-state index contributed by atoms with van der Waals surface area (Å²) in [5.74, 6) is -0.906. The molecule has 0 fully saturated rings. The lowest BCUT2D eigenvalue weighted by Gasteiger charge is -2.17. The van der Waals surface area contributed by atoms with E-state index in [0.29, 0.717) is 0 Å². The molecule has 1 atom stereocenters. The molecule has 2 rings (SSSR count). The third kappa shape index (κ3) is 4.80. The molecule has 0 saturated carbocycles. The van der Waals surface area contributed by atoms with Crippen molar-refractivity contribution in [2.75, 3.05) is 5.32 Å². The van der Waals surface area contributed by atoms with Crippen molar-refractivity contribution in [2.24, 2.45) is 0 Å². The standard InChI is InChI=1S/C16H15F3N2O3S/c1-11(21-25(23,24)12-7-3-2-4-8-12)15(22)20-14-10-6-5-9-13(14)16(17,18)19/h2-11,21H,1H3,(H,20,22). The molecule has 134 valence electrons. The zero-order valence-corrected chi connectivity index (χ0v) is 13.9. The van der Waals surface area contributed by atoms with Crippen LogP contribution in [0.3, 0.4) is 0 Å². The van der Waals surface area contributed by atoms with E-state index < -0.39 is 39.4 Å². The largest absolute Gasteiger partial charge is 0.418 e. The zero-order chi connectivity index (χ0) is 18.7. The van der Waals surface area contributed by atoms with Gasteiger partial charge in [-0.25, -0.2) is 8.42 Å². The summed E-state index contributed by atoms with van der Waals surface area (Å²) in [5, 5.41) is 2.11. The van der Waals surface area contributed by atoms with Crippen LogP contribution in [0.4, 0.5) is 18.9 Å². The van der Waals surface area contributed by atoms with Crippen LogP contribution in [0.5, 0.6) is 0 Å². The fraction of sp³-hybridized carbons (Fsp3) is 0.188. The molecule has 0 bridgehead atoms. The van der Waals surface area contributed by atoms with Gasteiger partial charge >= 0.3 is 6.18 Å². The van der Waals surface area contributed by atoms with E-state index in [1.807, 2.05) is 0 Å². The first-order valence-corrected chi connectivity index (χ1v) is 8.64. The van der Waals surface area contributed by atoms with E-state index >= 15 is 0 Å². The van der Waals surface area contributed by atoms with Crippen molar-refractivity contribution in [1.82, 2.24) is 4.72 Å². The van der Waals surface area contributed by atoms with Crippen molar-refractivity contribution in [3.63, 3.8) is 0 Å².